The fraction of sp³-hybridized carbons (Fsp3) is 0.292. The topological polar surface area (TPSA) is 105 Å². The molecule has 7 nitrogen and oxygen atoms in total. The van der Waals surface area contributed by atoms with Crippen molar-refractivity contribution in [3.63, 3.8) is 0 Å². The number of amides is 2. The van der Waals surface area contributed by atoms with E-state index in [2.05, 4.69) is 24.5 Å². The largest absolute Gasteiger partial charge is 0.493 e. The summed E-state index contributed by atoms with van der Waals surface area (Å²) in [4.78, 5) is 35.9. The lowest BCUT2D eigenvalue weighted by molar-refractivity contribution is -0.137. The molecular formula is C24H28N2O5. The standard InChI is InChI=1S/C24H28N2O5/c1-17(2)16-31-20-12-10-19(11-13-20)23(29)26-21(15-18-7-4-3-5-8-18)24(30)25-14-6-9-22(27)28/h3-5,7-8,10-13,15,17H,6,9,14,16H2,1-2H3,(H,25,30)(H,26,29)(H,27,28)/b21-15+. The Hall–Kier alpha value is -3.61. The van der Waals surface area contributed by atoms with Crippen molar-refractivity contribution in [2.75, 3.05) is 13.2 Å². The smallest absolute Gasteiger partial charge is 0.303 e. The average Bonchev–Trinajstić information content (AvgIpc) is 2.75. The molecule has 0 aromatic heterocycles. The minimum atomic E-state index is -0.927. The molecule has 2 amide bonds. The molecule has 0 atom stereocenters. The Kier molecular flexibility index (Phi) is 9.29. The van der Waals surface area contributed by atoms with E-state index in [1.165, 1.54) is 0 Å². The van der Waals surface area contributed by atoms with Crippen molar-refractivity contribution in [3.05, 3.63) is 71.4 Å². The van der Waals surface area contributed by atoms with E-state index in [1.54, 1.807) is 30.3 Å². The number of carboxylic acid groups (broad SMARTS) is 1. The zero-order valence-corrected chi connectivity index (χ0v) is 17.8. The summed E-state index contributed by atoms with van der Waals surface area (Å²) in [5.74, 6) is -0.787. The third-order valence-electron chi connectivity index (χ3n) is 4.16. The molecule has 164 valence electrons. The van der Waals surface area contributed by atoms with Gasteiger partial charge in [0.05, 0.1) is 6.61 Å². The number of hydrogen-bond donors (Lipinski definition) is 3. The van der Waals surface area contributed by atoms with Crippen molar-refractivity contribution in [3.8, 4) is 5.75 Å². The molecule has 0 saturated heterocycles. The van der Waals surface area contributed by atoms with E-state index in [0.717, 1.165) is 5.56 Å². The Morgan fingerprint density at radius 3 is 2.32 bits per heavy atom. The molecule has 0 spiro atoms. The lowest BCUT2D eigenvalue weighted by Crippen LogP contribution is -2.35. The second-order valence-corrected chi connectivity index (χ2v) is 7.41. The summed E-state index contributed by atoms with van der Waals surface area (Å²) in [5.41, 5.74) is 1.21. The Morgan fingerprint density at radius 2 is 1.71 bits per heavy atom. The number of benzene rings is 2. The summed E-state index contributed by atoms with van der Waals surface area (Å²) in [6.07, 6.45) is 1.83. The molecule has 2 rings (SSSR count). The number of carboxylic acids is 1. The average molecular weight is 424 g/mol. The Bertz CT molecular complexity index is 905. The van der Waals surface area contributed by atoms with Crippen LogP contribution in [0.1, 0.15) is 42.6 Å². The molecule has 31 heavy (non-hydrogen) atoms. The molecule has 0 aliphatic heterocycles. The van der Waals surface area contributed by atoms with Gasteiger partial charge in [0.15, 0.2) is 0 Å². The lowest BCUT2D eigenvalue weighted by atomic mass is 10.1. The maximum absolute atomic E-state index is 12.7. The van der Waals surface area contributed by atoms with E-state index in [9.17, 15) is 14.4 Å². The van der Waals surface area contributed by atoms with Crippen LogP contribution < -0.4 is 15.4 Å². The van der Waals surface area contributed by atoms with Gasteiger partial charge in [-0.1, -0.05) is 44.2 Å². The van der Waals surface area contributed by atoms with E-state index in [1.807, 2.05) is 30.3 Å². The molecule has 2 aromatic rings. The molecule has 0 fully saturated rings. The second kappa shape index (κ2) is 12.2. The normalized spacial score (nSPS) is 11.1. The van der Waals surface area contributed by atoms with Crippen molar-refractivity contribution < 1.29 is 24.2 Å². The monoisotopic (exact) mass is 424 g/mol. The van der Waals surface area contributed by atoms with Crippen molar-refractivity contribution >= 4 is 23.9 Å². The number of rotatable bonds is 11. The van der Waals surface area contributed by atoms with Crippen molar-refractivity contribution in [2.45, 2.75) is 26.7 Å². The minimum absolute atomic E-state index is 0.0460. The van der Waals surface area contributed by atoms with Gasteiger partial charge in [0.1, 0.15) is 11.4 Å². The molecular weight excluding hydrogens is 396 g/mol. The number of hydrogen-bond acceptors (Lipinski definition) is 4. The van der Waals surface area contributed by atoms with Gasteiger partial charge in [0, 0.05) is 18.5 Å². The van der Waals surface area contributed by atoms with Gasteiger partial charge in [0.2, 0.25) is 0 Å². The van der Waals surface area contributed by atoms with Gasteiger partial charge in [-0.2, -0.15) is 0 Å². The second-order valence-electron chi connectivity index (χ2n) is 7.41. The van der Waals surface area contributed by atoms with Gasteiger partial charge in [-0.05, 0) is 48.2 Å². The molecule has 0 unspecified atom stereocenters. The molecule has 0 radical (unpaired) electrons. The number of carbonyl (C=O) groups is 3. The fourth-order valence-electron chi connectivity index (χ4n) is 2.57. The van der Waals surface area contributed by atoms with E-state index < -0.39 is 17.8 Å². The van der Waals surface area contributed by atoms with Crippen LogP contribution in [0, 0.1) is 5.92 Å². The highest BCUT2D eigenvalue weighted by Crippen LogP contribution is 2.14. The summed E-state index contributed by atoms with van der Waals surface area (Å²) in [7, 11) is 0. The van der Waals surface area contributed by atoms with Gasteiger partial charge in [0.25, 0.3) is 11.8 Å². The van der Waals surface area contributed by atoms with Gasteiger partial charge in [-0.15, -0.1) is 0 Å². The van der Waals surface area contributed by atoms with Crippen LogP contribution in [-0.2, 0) is 9.59 Å². The van der Waals surface area contributed by atoms with Crippen LogP contribution in [0.4, 0.5) is 0 Å². The third-order valence-corrected chi connectivity index (χ3v) is 4.16. The molecule has 7 heteroatoms. The van der Waals surface area contributed by atoms with Crippen molar-refractivity contribution in [2.24, 2.45) is 5.92 Å². The summed E-state index contributed by atoms with van der Waals surface area (Å²) in [6.45, 7) is 4.87. The van der Waals surface area contributed by atoms with E-state index in [-0.39, 0.29) is 18.7 Å². The maximum Gasteiger partial charge on any atom is 0.303 e. The first-order valence-electron chi connectivity index (χ1n) is 10.2. The van der Waals surface area contributed by atoms with Gasteiger partial charge >= 0.3 is 5.97 Å². The van der Waals surface area contributed by atoms with Gasteiger partial charge in [-0.3, -0.25) is 14.4 Å². The number of ether oxygens (including phenoxy) is 1. The van der Waals surface area contributed by atoms with Crippen LogP contribution in [0.25, 0.3) is 6.08 Å². The molecule has 2 aromatic carbocycles. The number of carbonyl (C=O) groups excluding carboxylic acids is 2. The molecule has 0 heterocycles. The fourth-order valence-corrected chi connectivity index (χ4v) is 2.57. The molecule has 3 N–H and O–H groups in total. The van der Waals surface area contributed by atoms with Crippen molar-refractivity contribution in [1.82, 2.24) is 10.6 Å². The summed E-state index contributed by atoms with van der Waals surface area (Å²) in [6, 6.07) is 15.8. The first-order valence-corrected chi connectivity index (χ1v) is 10.2. The van der Waals surface area contributed by atoms with Crippen LogP contribution in [0.15, 0.2) is 60.3 Å². The summed E-state index contributed by atoms with van der Waals surface area (Å²) in [5, 5.41) is 14.0. The summed E-state index contributed by atoms with van der Waals surface area (Å²) < 4.78 is 5.62. The first-order chi connectivity index (χ1) is 14.8. The quantitative estimate of drug-likeness (QED) is 0.378. The van der Waals surface area contributed by atoms with Crippen LogP contribution in [-0.4, -0.2) is 36.0 Å². The van der Waals surface area contributed by atoms with Gasteiger partial charge < -0.3 is 20.5 Å². The van der Waals surface area contributed by atoms with E-state index in [0.29, 0.717) is 30.3 Å². The van der Waals surface area contributed by atoms with Crippen LogP contribution >= 0.6 is 0 Å². The molecule has 0 aliphatic carbocycles. The molecule has 0 bridgehead atoms. The SMILES string of the molecule is CC(C)COc1ccc(C(=O)N/C(=C/c2ccccc2)C(=O)NCCCC(=O)O)cc1. The predicted molar refractivity (Wildman–Crippen MR) is 119 cm³/mol. The van der Waals surface area contributed by atoms with Crippen molar-refractivity contribution in [1.29, 1.82) is 0 Å². The van der Waals surface area contributed by atoms with Crippen LogP contribution in [0.5, 0.6) is 5.75 Å². The number of nitrogens with one attached hydrogen (secondary N) is 2. The highest BCUT2D eigenvalue weighted by Gasteiger charge is 2.15. The van der Waals surface area contributed by atoms with Crippen LogP contribution in [0.2, 0.25) is 0 Å². The lowest BCUT2D eigenvalue weighted by Gasteiger charge is -2.12. The zero-order chi connectivity index (χ0) is 22.6. The highest BCUT2D eigenvalue weighted by molar-refractivity contribution is 6.05. The Morgan fingerprint density at radius 1 is 1.03 bits per heavy atom. The molecule has 0 saturated carbocycles. The van der Waals surface area contributed by atoms with E-state index in [4.69, 9.17) is 9.84 Å². The Balaban J connectivity index is 2.09. The first kappa shape index (κ1) is 23.7. The van der Waals surface area contributed by atoms with Gasteiger partial charge in [-0.25, -0.2) is 0 Å². The molecule has 0 aliphatic rings. The van der Waals surface area contributed by atoms with Crippen LogP contribution in [0.3, 0.4) is 0 Å². The maximum atomic E-state index is 12.7. The Labute approximate surface area is 182 Å². The zero-order valence-electron chi connectivity index (χ0n) is 17.8. The third kappa shape index (κ3) is 8.74. The summed E-state index contributed by atoms with van der Waals surface area (Å²) >= 11 is 0. The highest BCUT2D eigenvalue weighted by atomic mass is 16.5. The predicted octanol–water partition coefficient (Wildman–Crippen LogP) is 3.47. The van der Waals surface area contributed by atoms with E-state index >= 15 is 0 Å². The number of aliphatic carboxylic acids is 1. The minimum Gasteiger partial charge on any atom is -0.493 e.